The van der Waals surface area contributed by atoms with Crippen molar-refractivity contribution in [2.45, 2.75) is 18.9 Å². The van der Waals surface area contributed by atoms with Gasteiger partial charge in [-0.1, -0.05) is 0 Å². The van der Waals surface area contributed by atoms with Crippen LogP contribution in [0.4, 0.5) is 11.6 Å². The molecule has 0 radical (unpaired) electrons. The van der Waals surface area contributed by atoms with Gasteiger partial charge in [-0.05, 0) is 12.8 Å². The maximum absolute atomic E-state index is 12.6. The lowest BCUT2D eigenvalue weighted by atomic mass is 10.0. The lowest BCUT2D eigenvalue weighted by Gasteiger charge is -2.32. The van der Waals surface area contributed by atoms with Crippen LogP contribution in [0.15, 0.2) is 29.5 Å². The molecular weight excluding hydrogens is 272 g/mol. The van der Waals surface area contributed by atoms with Gasteiger partial charge in [0.2, 0.25) is 0 Å². The number of nitrogens with one attached hydrogen (secondary N) is 2. The summed E-state index contributed by atoms with van der Waals surface area (Å²) in [6.45, 7) is 0.666. The number of nitrogens with zero attached hydrogens (tertiary/aromatic N) is 4. The Balaban J connectivity index is 1.79. The summed E-state index contributed by atoms with van der Waals surface area (Å²) < 4.78 is 1.67. The van der Waals surface area contributed by atoms with Crippen LogP contribution in [0.3, 0.4) is 0 Å². The number of H-pyrrole nitrogens is 1. The number of aryl methyl sites for hydroxylation is 1. The summed E-state index contributed by atoms with van der Waals surface area (Å²) in [5.41, 5.74) is -0.251. The van der Waals surface area contributed by atoms with E-state index in [0.717, 1.165) is 12.2 Å². The van der Waals surface area contributed by atoms with E-state index >= 15 is 0 Å². The Morgan fingerprint density at radius 3 is 3.00 bits per heavy atom. The van der Waals surface area contributed by atoms with Crippen LogP contribution in [0.5, 0.6) is 0 Å². The van der Waals surface area contributed by atoms with Crippen molar-refractivity contribution in [3.63, 3.8) is 0 Å². The van der Waals surface area contributed by atoms with Gasteiger partial charge in [0.15, 0.2) is 0 Å². The van der Waals surface area contributed by atoms with Crippen LogP contribution in [0.25, 0.3) is 0 Å². The number of carbonyl (C=O) groups is 1. The van der Waals surface area contributed by atoms with Crippen molar-refractivity contribution in [3.05, 3.63) is 35.0 Å². The van der Waals surface area contributed by atoms with E-state index in [1.54, 1.807) is 22.8 Å². The fraction of sp³-hybridized carbons (Fsp3) is 0.385. The summed E-state index contributed by atoms with van der Waals surface area (Å²) in [6.07, 6.45) is 4.56. The highest BCUT2D eigenvalue weighted by molar-refractivity contribution is 5.98. The fourth-order valence-electron chi connectivity index (χ4n) is 2.49. The van der Waals surface area contributed by atoms with Gasteiger partial charge in [0, 0.05) is 25.7 Å². The third-order valence-corrected chi connectivity index (χ3v) is 3.51. The summed E-state index contributed by atoms with van der Waals surface area (Å²) in [7, 11) is 1.80. The minimum Gasteiger partial charge on any atom is -0.358 e. The predicted molar refractivity (Wildman–Crippen MR) is 77.1 cm³/mol. The highest BCUT2D eigenvalue weighted by atomic mass is 16.2. The van der Waals surface area contributed by atoms with Crippen molar-refractivity contribution in [3.8, 4) is 0 Å². The van der Waals surface area contributed by atoms with Gasteiger partial charge in [-0.15, -0.1) is 0 Å². The smallest absolute Gasteiger partial charge is 0.252 e. The van der Waals surface area contributed by atoms with Gasteiger partial charge >= 0.3 is 0 Å². The second-order valence-electron chi connectivity index (χ2n) is 4.94. The molecule has 0 aromatic carbocycles. The fourth-order valence-corrected chi connectivity index (χ4v) is 2.49. The molecule has 0 spiro atoms. The maximum atomic E-state index is 12.6. The molecule has 3 heterocycles. The highest BCUT2D eigenvalue weighted by Crippen LogP contribution is 2.21. The zero-order chi connectivity index (χ0) is 14.8. The second-order valence-corrected chi connectivity index (χ2v) is 4.94. The van der Waals surface area contributed by atoms with Crippen LogP contribution >= 0.6 is 0 Å². The summed E-state index contributed by atoms with van der Waals surface area (Å²) in [5, 5.41) is 7.12. The number of amides is 1. The first-order valence-corrected chi connectivity index (χ1v) is 6.76. The number of hydrogen-bond acceptors (Lipinski definition) is 5. The van der Waals surface area contributed by atoms with Crippen LogP contribution in [0.1, 0.15) is 12.8 Å². The van der Waals surface area contributed by atoms with Crippen molar-refractivity contribution in [1.29, 1.82) is 0 Å². The van der Waals surface area contributed by atoms with Crippen LogP contribution < -0.4 is 15.8 Å². The molecule has 0 aliphatic carbocycles. The van der Waals surface area contributed by atoms with Crippen molar-refractivity contribution in [2.75, 3.05) is 16.8 Å². The van der Waals surface area contributed by atoms with Crippen molar-refractivity contribution >= 4 is 17.5 Å². The quantitative estimate of drug-likeness (QED) is 0.835. The molecule has 110 valence electrons. The summed E-state index contributed by atoms with van der Waals surface area (Å²) in [6, 6.07) is 2.77. The lowest BCUT2D eigenvalue weighted by molar-refractivity contribution is -0.120. The normalized spacial score (nSPS) is 18.8. The Hall–Kier alpha value is -2.64. The molecule has 1 saturated heterocycles. The number of aromatic amines is 1. The Morgan fingerprint density at radius 2 is 2.29 bits per heavy atom. The summed E-state index contributed by atoms with van der Waals surface area (Å²) in [5.74, 6) is 1.14. The molecule has 2 aromatic heterocycles. The molecule has 3 rings (SSSR count). The molecule has 1 amide bonds. The van der Waals surface area contributed by atoms with E-state index < -0.39 is 0 Å². The average molecular weight is 288 g/mol. The first-order chi connectivity index (χ1) is 10.1. The van der Waals surface area contributed by atoms with Gasteiger partial charge in [-0.25, -0.2) is 4.98 Å². The molecule has 0 bridgehead atoms. The second kappa shape index (κ2) is 5.39. The molecule has 0 saturated carbocycles. The third kappa shape index (κ3) is 2.64. The van der Waals surface area contributed by atoms with Gasteiger partial charge in [0.1, 0.15) is 17.7 Å². The van der Waals surface area contributed by atoms with Crippen LogP contribution in [0.2, 0.25) is 0 Å². The van der Waals surface area contributed by atoms with Gasteiger partial charge in [0.05, 0.1) is 12.5 Å². The molecular formula is C13H16N6O2. The van der Waals surface area contributed by atoms with Gasteiger partial charge in [-0.2, -0.15) is 5.10 Å². The van der Waals surface area contributed by atoms with Gasteiger partial charge in [0.25, 0.3) is 11.5 Å². The van der Waals surface area contributed by atoms with E-state index in [9.17, 15) is 9.59 Å². The lowest BCUT2D eigenvalue weighted by Crippen LogP contribution is -2.48. The summed E-state index contributed by atoms with van der Waals surface area (Å²) in [4.78, 5) is 32.0. The first-order valence-electron chi connectivity index (χ1n) is 6.76. The molecule has 1 aliphatic heterocycles. The summed E-state index contributed by atoms with van der Waals surface area (Å²) >= 11 is 0. The van der Waals surface area contributed by atoms with Crippen molar-refractivity contribution in [1.82, 2.24) is 19.7 Å². The third-order valence-electron chi connectivity index (χ3n) is 3.51. The minimum absolute atomic E-state index is 0.0352. The molecule has 1 atom stereocenters. The van der Waals surface area contributed by atoms with Gasteiger partial charge in [-0.3, -0.25) is 19.2 Å². The SMILES string of the molecule is Cn1nccc1N1CCCC(Nc2cc(=O)[nH]cn2)C1=O. The molecule has 2 aromatic rings. The Kier molecular flexibility index (Phi) is 3.43. The Morgan fingerprint density at radius 1 is 1.43 bits per heavy atom. The van der Waals surface area contributed by atoms with Crippen LogP contribution in [-0.4, -0.2) is 38.2 Å². The zero-order valence-corrected chi connectivity index (χ0v) is 11.6. The highest BCUT2D eigenvalue weighted by Gasteiger charge is 2.31. The molecule has 1 unspecified atom stereocenters. The Labute approximate surface area is 120 Å². The number of piperidine rings is 1. The number of rotatable bonds is 3. The van der Waals surface area contributed by atoms with Gasteiger partial charge < -0.3 is 10.3 Å². The number of aromatic nitrogens is 4. The van der Waals surface area contributed by atoms with E-state index in [2.05, 4.69) is 20.4 Å². The Bertz CT molecular complexity index is 706. The monoisotopic (exact) mass is 288 g/mol. The first kappa shape index (κ1) is 13.3. The zero-order valence-electron chi connectivity index (χ0n) is 11.6. The largest absolute Gasteiger partial charge is 0.358 e. The molecule has 8 heteroatoms. The van der Waals surface area contributed by atoms with E-state index in [1.165, 1.54) is 12.4 Å². The number of carbonyl (C=O) groups excluding carboxylic acids is 1. The predicted octanol–water partition coefficient (Wildman–Crippen LogP) is 0.111. The van der Waals surface area contributed by atoms with Crippen molar-refractivity contribution in [2.24, 2.45) is 7.05 Å². The minimum atomic E-state index is -0.386. The van der Waals surface area contributed by atoms with E-state index in [-0.39, 0.29) is 17.5 Å². The van der Waals surface area contributed by atoms with Crippen molar-refractivity contribution < 1.29 is 4.79 Å². The number of hydrogen-bond donors (Lipinski definition) is 2. The topological polar surface area (TPSA) is 95.9 Å². The number of anilines is 2. The molecule has 21 heavy (non-hydrogen) atoms. The molecule has 2 N–H and O–H groups in total. The van der Waals surface area contributed by atoms with Crippen LogP contribution in [0, 0.1) is 0 Å². The maximum Gasteiger partial charge on any atom is 0.252 e. The standard InChI is InChI=1S/C13H16N6O2/c1-18-12(4-5-16-18)19-6-2-3-9(13(19)21)17-10-7-11(20)15-8-14-10/h4-5,7-9H,2-3,6H2,1H3,(H2,14,15,17,20). The van der Waals surface area contributed by atoms with Crippen LogP contribution in [-0.2, 0) is 11.8 Å². The molecule has 1 aliphatic rings. The van der Waals surface area contributed by atoms with E-state index in [4.69, 9.17) is 0 Å². The molecule has 1 fully saturated rings. The average Bonchev–Trinajstić information content (AvgIpc) is 2.87. The van der Waals surface area contributed by atoms with E-state index in [1.807, 2.05) is 6.07 Å². The van der Waals surface area contributed by atoms with E-state index in [0.29, 0.717) is 18.8 Å². The molecule has 8 nitrogen and oxygen atoms in total.